The van der Waals surface area contributed by atoms with Crippen molar-refractivity contribution in [3.63, 3.8) is 0 Å². The number of rotatable bonds is 7. The second-order valence-electron chi connectivity index (χ2n) is 5.33. The Hall–Kier alpha value is 0.0130. The summed E-state index contributed by atoms with van der Waals surface area (Å²) in [4.78, 5) is 0. The summed E-state index contributed by atoms with van der Waals surface area (Å²) < 4.78 is 17.7. The predicted molar refractivity (Wildman–Crippen MR) is 114 cm³/mol. The number of halogens is 2. The van der Waals surface area contributed by atoms with Crippen LogP contribution in [-0.2, 0) is 39.1 Å². The summed E-state index contributed by atoms with van der Waals surface area (Å²) in [5, 5.41) is 0. The van der Waals surface area contributed by atoms with Gasteiger partial charge in [-0.1, -0.05) is 51.9 Å². The monoisotopic (exact) mass is 600 g/mol. The molecule has 0 aliphatic rings. The normalized spacial score (nSPS) is 8.36. The van der Waals surface area contributed by atoms with E-state index in [1.54, 1.807) is 0 Å². The first-order valence-electron chi connectivity index (χ1n) is 8.92. The third kappa shape index (κ3) is 30.7. The Labute approximate surface area is 204 Å². The maximum absolute atomic E-state index is 7.94. The molecule has 0 N–H and O–H groups in total. The molecule has 2 aromatic rings. The first kappa shape index (κ1) is 32.7. The van der Waals surface area contributed by atoms with Crippen LogP contribution in [0.4, 0.5) is 0 Å². The van der Waals surface area contributed by atoms with Gasteiger partial charge in [0.25, 0.3) is 0 Å². The number of unbranched alkanes of at least 4 members (excludes halogenated alkanes) is 7. The van der Waals surface area contributed by atoms with Crippen LogP contribution in [0.2, 0.25) is 0 Å². The van der Waals surface area contributed by atoms with E-state index in [2.05, 4.69) is 95.2 Å². The van der Waals surface area contributed by atoms with Crippen molar-refractivity contribution in [2.24, 2.45) is 0 Å². The van der Waals surface area contributed by atoms with Gasteiger partial charge in [0.2, 0.25) is 0 Å². The summed E-state index contributed by atoms with van der Waals surface area (Å²) in [6.45, 7) is 6.08. The second-order valence-corrected chi connectivity index (χ2v) is 7.04. The Morgan fingerprint density at radius 2 is 1.25 bits per heavy atom. The molecule has 28 heavy (non-hydrogen) atoms. The van der Waals surface area contributed by atoms with E-state index in [0.29, 0.717) is 0 Å². The molecule has 0 radical (unpaired) electrons. The van der Waals surface area contributed by atoms with Gasteiger partial charge in [-0.05, 0) is 0 Å². The van der Waals surface area contributed by atoms with E-state index in [4.69, 9.17) is 7.73 Å². The second kappa shape index (κ2) is 31.7. The summed E-state index contributed by atoms with van der Waals surface area (Å²) in [7, 11) is 0. The van der Waals surface area contributed by atoms with Crippen molar-refractivity contribution in [3.8, 4) is 0 Å². The minimum atomic E-state index is 0.923. The van der Waals surface area contributed by atoms with Crippen molar-refractivity contribution in [3.05, 3.63) is 76.5 Å². The van der Waals surface area contributed by atoms with Crippen LogP contribution in [0.3, 0.4) is 0 Å². The summed E-state index contributed by atoms with van der Waals surface area (Å²) in [6.07, 6.45) is 10.9. The SMILES string of the molecule is Brc1[c-]c(Br)c[c-]c1.[CH2-]CCCCCCCCC.[O]=[Co].[O]=[Co].[c-]1ccccc1. The van der Waals surface area contributed by atoms with Crippen molar-refractivity contribution in [2.45, 2.75) is 58.3 Å². The zero-order valence-electron chi connectivity index (χ0n) is 16.1. The van der Waals surface area contributed by atoms with Gasteiger partial charge in [0.15, 0.2) is 0 Å². The van der Waals surface area contributed by atoms with E-state index < -0.39 is 0 Å². The van der Waals surface area contributed by atoms with E-state index >= 15 is 0 Å². The van der Waals surface area contributed by atoms with Gasteiger partial charge in [0, 0.05) is 0 Å². The molecule has 2 nitrogen and oxygen atoms in total. The topological polar surface area (TPSA) is 34.1 Å². The molecule has 164 valence electrons. The van der Waals surface area contributed by atoms with Gasteiger partial charge < -0.3 is 13.0 Å². The standard InChI is InChI=1S/C10H21.C6H2Br2.C6H5.2Co.2O/c1-3-5-7-9-10-8-6-4-2;7-5-2-1-3-6(8)4-5;1-2-4-6-5-3-1;;;;/h1,3-10H2,2H3;2-3H;1-5H;;;;/q-1;-2;-1;;;;. The quantitative estimate of drug-likeness (QED) is 0.238. The Balaban J connectivity index is -0.000000312. The molecule has 0 saturated carbocycles. The van der Waals surface area contributed by atoms with Crippen molar-refractivity contribution in [1.82, 2.24) is 0 Å². The van der Waals surface area contributed by atoms with E-state index in [9.17, 15) is 0 Å². The average Bonchev–Trinajstić information content (AvgIpc) is 2.76. The van der Waals surface area contributed by atoms with E-state index in [1.807, 2.05) is 42.5 Å². The molecular weight excluding hydrogens is 574 g/mol. The summed E-state index contributed by atoms with van der Waals surface area (Å²) in [5.74, 6) is 0. The van der Waals surface area contributed by atoms with Gasteiger partial charge in [-0.15, -0.1) is 0 Å². The maximum atomic E-state index is 7.94. The summed E-state index contributed by atoms with van der Waals surface area (Å²) in [6, 6.07) is 22.0. The number of hydrogen-bond acceptors (Lipinski definition) is 2. The third-order valence-electron chi connectivity index (χ3n) is 3.12. The van der Waals surface area contributed by atoms with Crippen LogP contribution < -0.4 is 0 Å². The van der Waals surface area contributed by atoms with Crippen molar-refractivity contribution >= 4 is 31.9 Å². The Morgan fingerprint density at radius 3 is 1.54 bits per heavy atom. The van der Waals surface area contributed by atoms with Crippen LogP contribution in [0.25, 0.3) is 0 Å². The van der Waals surface area contributed by atoms with E-state index in [-0.39, 0.29) is 0 Å². The van der Waals surface area contributed by atoms with Gasteiger partial charge in [-0.25, -0.2) is 8.95 Å². The fourth-order valence-electron chi connectivity index (χ4n) is 1.85. The predicted octanol–water partition coefficient (Wildman–Crippen LogP) is 8.02. The minimum absolute atomic E-state index is 0.923. The molecule has 6 heteroatoms. The van der Waals surface area contributed by atoms with Crippen LogP contribution in [-0.4, -0.2) is 0 Å². The van der Waals surface area contributed by atoms with Crippen molar-refractivity contribution in [1.29, 1.82) is 0 Å². The molecule has 0 saturated heterocycles. The fraction of sp³-hybridized carbons (Fsp3) is 0.409. The molecule has 0 heterocycles. The summed E-state index contributed by atoms with van der Waals surface area (Å²) in [5.41, 5.74) is 0. The molecule has 0 atom stereocenters. The van der Waals surface area contributed by atoms with Crippen LogP contribution in [0.1, 0.15) is 58.3 Å². The zero-order chi connectivity index (χ0) is 21.9. The van der Waals surface area contributed by atoms with Crippen LogP contribution in [0.15, 0.2) is 51.4 Å². The number of benzene rings is 2. The van der Waals surface area contributed by atoms with Gasteiger partial charge in [-0.2, -0.15) is 74.7 Å². The Bertz CT molecular complexity index is 463. The zero-order valence-corrected chi connectivity index (χ0v) is 21.4. The largest absolute Gasteiger partial charge is 0.184 e. The van der Waals surface area contributed by atoms with Crippen molar-refractivity contribution in [2.75, 3.05) is 0 Å². The molecule has 2 aromatic carbocycles. The third-order valence-corrected chi connectivity index (χ3v) is 3.97. The van der Waals surface area contributed by atoms with Crippen LogP contribution in [0.5, 0.6) is 0 Å². The van der Waals surface area contributed by atoms with Gasteiger partial charge in [0.1, 0.15) is 0 Å². The molecule has 0 spiro atoms. The molecule has 0 aliphatic carbocycles. The van der Waals surface area contributed by atoms with Crippen LogP contribution in [0, 0.1) is 25.1 Å². The van der Waals surface area contributed by atoms with Crippen LogP contribution >= 0.6 is 31.9 Å². The Kier molecular flexibility index (Phi) is 37.0. The first-order valence-corrected chi connectivity index (χ1v) is 11.4. The molecule has 0 amide bonds. The summed E-state index contributed by atoms with van der Waals surface area (Å²) >= 11 is 11.1. The minimum Gasteiger partial charge on any atom is -0.184 e. The van der Waals surface area contributed by atoms with Gasteiger partial charge in [0.05, 0.1) is 0 Å². The molecule has 0 aliphatic heterocycles. The molecule has 0 fully saturated rings. The molecular formula is C22H28Br2Co2O2-4. The molecule has 0 bridgehead atoms. The molecule has 0 aromatic heterocycles. The molecule has 2 rings (SSSR count). The average molecular weight is 602 g/mol. The van der Waals surface area contributed by atoms with E-state index in [1.165, 1.54) is 44.9 Å². The fourth-order valence-corrected chi connectivity index (χ4v) is 2.81. The number of hydrogen-bond donors (Lipinski definition) is 0. The smallest absolute Gasteiger partial charge is 0.171 e. The Morgan fingerprint density at radius 1 is 0.786 bits per heavy atom. The van der Waals surface area contributed by atoms with Gasteiger partial charge in [-0.3, -0.25) is 18.2 Å². The first-order chi connectivity index (χ1) is 13.7. The van der Waals surface area contributed by atoms with Crippen molar-refractivity contribution < 1.29 is 39.1 Å². The molecule has 0 unspecified atom stereocenters. The van der Waals surface area contributed by atoms with Gasteiger partial charge >= 0.3 is 39.1 Å². The van der Waals surface area contributed by atoms with E-state index in [0.717, 1.165) is 15.4 Å². The maximum Gasteiger partial charge on any atom is -0.171 e.